The molecule has 5 N–H and O–H groups in total. The van der Waals surface area contributed by atoms with E-state index in [0.717, 1.165) is 23.0 Å². The second-order valence-electron chi connectivity index (χ2n) is 6.16. The first kappa shape index (κ1) is 18.1. The number of nitrogen functional groups attached to an aromatic ring is 1. The fraction of sp³-hybridized carbons (Fsp3) is 0.375. The van der Waals surface area contributed by atoms with Crippen LogP contribution in [0.2, 0.25) is 0 Å². The van der Waals surface area contributed by atoms with Gasteiger partial charge in [0.2, 0.25) is 16.0 Å². The summed E-state index contributed by atoms with van der Waals surface area (Å²) in [6, 6.07) is 6.09. The topological polar surface area (TPSA) is 124 Å². The van der Waals surface area contributed by atoms with Crippen LogP contribution in [0.3, 0.4) is 0 Å². The number of aromatic nitrogens is 2. The van der Waals surface area contributed by atoms with Crippen molar-refractivity contribution in [2.75, 3.05) is 11.1 Å². The predicted octanol–water partition coefficient (Wildman–Crippen LogP) is 3.26. The zero-order valence-corrected chi connectivity index (χ0v) is 16.0. The Morgan fingerprint density at radius 2 is 1.72 bits per heavy atom. The third-order valence-electron chi connectivity index (χ3n) is 4.33. The van der Waals surface area contributed by atoms with Crippen molar-refractivity contribution >= 4 is 43.4 Å². The Labute approximate surface area is 155 Å². The number of anilines is 3. The molecule has 9 heteroatoms. The standard InChI is InChI=1S/C16H20BrN5O2S/c17-13-14(10-4-2-1-3-5-10)21-16(22-15(13)18)20-11-6-8-12(9-7-11)25(19,23)24/h6-10H,1-5H2,(H2,19,23,24)(H3,18,20,21,22). The SMILES string of the molecule is Nc1nc(Nc2ccc(S(N)(=O)=O)cc2)nc(C2CCCCC2)c1Br. The van der Waals surface area contributed by atoms with Gasteiger partial charge in [0.1, 0.15) is 5.82 Å². The van der Waals surface area contributed by atoms with Crippen LogP contribution in [0.15, 0.2) is 33.6 Å². The summed E-state index contributed by atoms with van der Waals surface area (Å²) < 4.78 is 23.4. The first-order chi connectivity index (χ1) is 11.8. The monoisotopic (exact) mass is 425 g/mol. The van der Waals surface area contributed by atoms with Crippen molar-refractivity contribution in [1.82, 2.24) is 9.97 Å². The lowest BCUT2D eigenvalue weighted by molar-refractivity contribution is 0.435. The fourth-order valence-corrected chi connectivity index (χ4v) is 4.06. The smallest absolute Gasteiger partial charge is 0.238 e. The normalized spacial score (nSPS) is 15.9. The van der Waals surface area contributed by atoms with Crippen LogP contribution in [0.5, 0.6) is 0 Å². The molecule has 0 atom stereocenters. The van der Waals surface area contributed by atoms with E-state index >= 15 is 0 Å². The Morgan fingerprint density at radius 3 is 2.32 bits per heavy atom. The van der Waals surface area contributed by atoms with Crippen LogP contribution < -0.4 is 16.2 Å². The Bertz CT molecular complexity index is 865. The quantitative estimate of drug-likeness (QED) is 0.690. The molecule has 1 heterocycles. The van der Waals surface area contributed by atoms with E-state index in [1.165, 1.54) is 31.4 Å². The summed E-state index contributed by atoms with van der Waals surface area (Å²) in [5, 5.41) is 8.18. The van der Waals surface area contributed by atoms with Crippen molar-refractivity contribution in [3.8, 4) is 0 Å². The van der Waals surface area contributed by atoms with E-state index in [-0.39, 0.29) is 4.90 Å². The number of nitrogens with one attached hydrogen (secondary N) is 1. The third-order valence-corrected chi connectivity index (χ3v) is 6.08. The molecule has 2 aromatic rings. The van der Waals surface area contributed by atoms with Gasteiger partial charge in [0.15, 0.2) is 0 Å². The molecule has 0 unspecified atom stereocenters. The molecule has 0 spiro atoms. The van der Waals surface area contributed by atoms with Crippen LogP contribution in [0.25, 0.3) is 0 Å². The lowest BCUT2D eigenvalue weighted by atomic mass is 9.87. The molecule has 3 rings (SSSR count). The molecular weight excluding hydrogens is 406 g/mol. The van der Waals surface area contributed by atoms with Gasteiger partial charge in [0.05, 0.1) is 15.1 Å². The Balaban J connectivity index is 1.86. The molecule has 1 aromatic heterocycles. The summed E-state index contributed by atoms with van der Waals surface area (Å²) in [6.07, 6.45) is 5.84. The molecule has 0 aliphatic heterocycles. The number of nitrogens with two attached hydrogens (primary N) is 2. The Hall–Kier alpha value is -1.71. The van der Waals surface area contributed by atoms with E-state index in [0.29, 0.717) is 23.4 Å². The summed E-state index contributed by atoms with van der Waals surface area (Å²) in [7, 11) is -3.71. The van der Waals surface area contributed by atoms with E-state index < -0.39 is 10.0 Å². The average molecular weight is 426 g/mol. The lowest BCUT2D eigenvalue weighted by Crippen LogP contribution is -2.12. The van der Waals surface area contributed by atoms with Gasteiger partial charge >= 0.3 is 0 Å². The number of rotatable bonds is 4. The number of hydrogen-bond acceptors (Lipinski definition) is 6. The van der Waals surface area contributed by atoms with Gasteiger partial charge in [-0.3, -0.25) is 0 Å². The number of primary sulfonamides is 1. The largest absolute Gasteiger partial charge is 0.383 e. The number of halogens is 1. The van der Waals surface area contributed by atoms with E-state index in [4.69, 9.17) is 10.9 Å². The lowest BCUT2D eigenvalue weighted by Gasteiger charge is -2.23. The molecule has 134 valence electrons. The summed E-state index contributed by atoms with van der Waals surface area (Å²) >= 11 is 3.51. The molecule has 1 aromatic carbocycles. The zero-order valence-electron chi connectivity index (χ0n) is 13.6. The van der Waals surface area contributed by atoms with Crippen LogP contribution in [-0.2, 0) is 10.0 Å². The molecule has 0 amide bonds. The van der Waals surface area contributed by atoms with E-state index in [9.17, 15) is 8.42 Å². The molecular formula is C16H20BrN5O2S. The number of sulfonamides is 1. The van der Waals surface area contributed by atoms with E-state index in [1.807, 2.05) is 0 Å². The van der Waals surface area contributed by atoms with Gasteiger partial charge in [-0.05, 0) is 53.0 Å². The highest BCUT2D eigenvalue weighted by Gasteiger charge is 2.22. The molecule has 0 saturated heterocycles. The zero-order chi connectivity index (χ0) is 18.0. The minimum Gasteiger partial charge on any atom is -0.383 e. The number of benzene rings is 1. The molecule has 1 saturated carbocycles. The van der Waals surface area contributed by atoms with Gasteiger partial charge in [0, 0.05) is 11.6 Å². The van der Waals surface area contributed by atoms with Crippen LogP contribution in [0.1, 0.15) is 43.7 Å². The molecule has 1 fully saturated rings. The van der Waals surface area contributed by atoms with Crippen LogP contribution in [0.4, 0.5) is 17.5 Å². The Kier molecular flexibility index (Phi) is 5.26. The maximum Gasteiger partial charge on any atom is 0.238 e. The van der Waals surface area contributed by atoms with Crippen LogP contribution >= 0.6 is 15.9 Å². The van der Waals surface area contributed by atoms with Crippen molar-refractivity contribution in [2.24, 2.45) is 5.14 Å². The molecule has 1 aliphatic rings. The van der Waals surface area contributed by atoms with E-state index in [2.05, 4.69) is 31.2 Å². The molecule has 1 aliphatic carbocycles. The highest BCUT2D eigenvalue weighted by molar-refractivity contribution is 9.10. The van der Waals surface area contributed by atoms with Crippen molar-refractivity contribution < 1.29 is 8.42 Å². The summed E-state index contributed by atoms with van der Waals surface area (Å²) in [5.74, 6) is 1.16. The van der Waals surface area contributed by atoms with Gasteiger partial charge in [-0.25, -0.2) is 18.5 Å². The van der Waals surface area contributed by atoms with Gasteiger partial charge in [-0.15, -0.1) is 0 Å². The second-order valence-corrected chi connectivity index (χ2v) is 8.52. The summed E-state index contributed by atoms with van der Waals surface area (Å²) in [4.78, 5) is 8.94. The highest BCUT2D eigenvalue weighted by Crippen LogP contribution is 2.37. The Morgan fingerprint density at radius 1 is 1.08 bits per heavy atom. The minimum absolute atomic E-state index is 0.0529. The van der Waals surface area contributed by atoms with Crippen molar-refractivity contribution in [1.29, 1.82) is 0 Å². The number of hydrogen-bond donors (Lipinski definition) is 3. The van der Waals surface area contributed by atoms with Crippen molar-refractivity contribution in [3.63, 3.8) is 0 Å². The summed E-state index contributed by atoms with van der Waals surface area (Å²) in [5.41, 5.74) is 7.61. The van der Waals surface area contributed by atoms with E-state index in [1.54, 1.807) is 12.1 Å². The summed E-state index contributed by atoms with van der Waals surface area (Å²) in [6.45, 7) is 0. The number of nitrogens with zero attached hydrogens (tertiary/aromatic N) is 2. The second kappa shape index (κ2) is 7.27. The van der Waals surface area contributed by atoms with Gasteiger partial charge < -0.3 is 11.1 Å². The van der Waals surface area contributed by atoms with Crippen LogP contribution in [-0.4, -0.2) is 18.4 Å². The molecule has 0 bridgehead atoms. The molecule has 7 nitrogen and oxygen atoms in total. The van der Waals surface area contributed by atoms with Gasteiger partial charge in [-0.2, -0.15) is 4.98 Å². The van der Waals surface area contributed by atoms with Gasteiger partial charge in [0.25, 0.3) is 0 Å². The predicted molar refractivity (Wildman–Crippen MR) is 101 cm³/mol. The third kappa shape index (κ3) is 4.28. The minimum atomic E-state index is -3.71. The molecule has 0 radical (unpaired) electrons. The van der Waals surface area contributed by atoms with Gasteiger partial charge in [-0.1, -0.05) is 19.3 Å². The maximum absolute atomic E-state index is 11.3. The first-order valence-corrected chi connectivity index (χ1v) is 10.4. The first-order valence-electron chi connectivity index (χ1n) is 8.07. The van der Waals surface area contributed by atoms with Crippen molar-refractivity contribution in [3.05, 3.63) is 34.4 Å². The molecule has 25 heavy (non-hydrogen) atoms. The fourth-order valence-electron chi connectivity index (χ4n) is 3.04. The van der Waals surface area contributed by atoms with Crippen molar-refractivity contribution in [2.45, 2.75) is 42.9 Å². The highest BCUT2D eigenvalue weighted by atomic mass is 79.9. The average Bonchev–Trinajstić information content (AvgIpc) is 2.58. The maximum atomic E-state index is 11.3. The van der Waals surface area contributed by atoms with Crippen LogP contribution in [0, 0.1) is 0 Å².